The summed E-state index contributed by atoms with van der Waals surface area (Å²) < 4.78 is 0. The SMILES string of the molecule is CC1(C)[C@@H]2C=C(NN)[C@@]1(C)CC2. The van der Waals surface area contributed by atoms with Crippen LogP contribution in [0.3, 0.4) is 0 Å². The zero-order chi connectivity index (χ0) is 8.98. The highest BCUT2D eigenvalue weighted by atomic mass is 15.2. The molecule has 0 saturated heterocycles. The molecule has 0 aromatic rings. The molecule has 2 rings (SSSR count). The van der Waals surface area contributed by atoms with Crippen LogP contribution in [0.15, 0.2) is 11.8 Å². The second kappa shape index (κ2) is 2.05. The number of rotatable bonds is 1. The van der Waals surface area contributed by atoms with Gasteiger partial charge in [-0.25, -0.2) is 0 Å². The molecule has 2 atom stereocenters. The van der Waals surface area contributed by atoms with Crippen LogP contribution in [0.2, 0.25) is 0 Å². The predicted octanol–water partition coefficient (Wildman–Crippen LogP) is 1.79. The van der Waals surface area contributed by atoms with Gasteiger partial charge in [0.25, 0.3) is 0 Å². The smallest absolute Gasteiger partial charge is 0.0287 e. The topological polar surface area (TPSA) is 38.0 Å². The maximum absolute atomic E-state index is 5.51. The molecule has 0 heterocycles. The van der Waals surface area contributed by atoms with E-state index in [-0.39, 0.29) is 0 Å². The molecule has 1 saturated carbocycles. The van der Waals surface area contributed by atoms with Crippen molar-refractivity contribution in [1.29, 1.82) is 0 Å². The number of hydrazine groups is 1. The number of nitrogens with two attached hydrogens (primary N) is 1. The molecule has 0 aliphatic heterocycles. The van der Waals surface area contributed by atoms with E-state index in [1.807, 2.05) is 0 Å². The second-order valence-corrected chi connectivity index (χ2v) is 4.92. The predicted molar refractivity (Wildman–Crippen MR) is 50.0 cm³/mol. The molecule has 2 nitrogen and oxygen atoms in total. The van der Waals surface area contributed by atoms with Gasteiger partial charge in [-0.1, -0.05) is 26.8 Å². The number of fused-ring (bicyclic) bond motifs is 2. The molecule has 2 heteroatoms. The third kappa shape index (κ3) is 0.650. The van der Waals surface area contributed by atoms with Gasteiger partial charge in [0.2, 0.25) is 0 Å². The average molecular weight is 166 g/mol. The van der Waals surface area contributed by atoms with Gasteiger partial charge in [0, 0.05) is 11.1 Å². The molecule has 3 N–H and O–H groups in total. The summed E-state index contributed by atoms with van der Waals surface area (Å²) in [5.41, 5.74) is 4.80. The minimum atomic E-state index is 0.298. The van der Waals surface area contributed by atoms with E-state index in [1.165, 1.54) is 18.5 Å². The van der Waals surface area contributed by atoms with Crippen LogP contribution < -0.4 is 11.3 Å². The van der Waals surface area contributed by atoms with E-state index >= 15 is 0 Å². The fraction of sp³-hybridized carbons (Fsp3) is 0.800. The fourth-order valence-corrected chi connectivity index (χ4v) is 2.90. The summed E-state index contributed by atoms with van der Waals surface area (Å²) in [6.45, 7) is 7.03. The summed E-state index contributed by atoms with van der Waals surface area (Å²) in [6, 6.07) is 0. The Hall–Kier alpha value is -0.500. The molecule has 0 aromatic heterocycles. The van der Waals surface area contributed by atoms with E-state index < -0.39 is 0 Å². The summed E-state index contributed by atoms with van der Waals surface area (Å²) in [6.07, 6.45) is 4.93. The van der Waals surface area contributed by atoms with Crippen molar-refractivity contribution in [1.82, 2.24) is 5.43 Å². The van der Waals surface area contributed by atoms with Gasteiger partial charge in [0.15, 0.2) is 0 Å². The van der Waals surface area contributed by atoms with Crippen molar-refractivity contribution in [3.63, 3.8) is 0 Å². The molecule has 0 aromatic carbocycles. The molecule has 0 unspecified atom stereocenters. The van der Waals surface area contributed by atoms with Crippen LogP contribution in [-0.4, -0.2) is 0 Å². The van der Waals surface area contributed by atoms with E-state index in [4.69, 9.17) is 5.84 Å². The zero-order valence-corrected chi connectivity index (χ0v) is 8.15. The molecule has 0 spiro atoms. The lowest BCUT2D eigenvalue weighted by Crippen LogP contribution is -2.37. The van der Waals surface area contributed by atoms with Crippen LogP contribution >= 0.6 is 0 Å². The van der Waals surface area contributed by atoms with Gasteiger partial charge in [0.05, 0.1) is 0 Å². The van der Waals surface area contributed by atoms with Crippen molar-refractivity contribution in [3.8, 4) is 0 Å². The van der Waals surface area contributed by atoms with Crippen LogP contribution in [-0.2, 0) is 0 Å². The third-order valence-electron chi connectivity index (χ3n) is 4.42. The van der Waals surface area contributed by atoms with E-state index in [0.717, 1.165) is 5.92 Å². The van der Waals surface area contributed by atoms with Crippen molar-refractivity contribution >= 4 is 0 Å². The van der Waals surface area contributed by atoms with E-state index in [0.29, 0.717) is 10.8 Å². The molecular formula is C10H18N2. The van der Waals surface area contributed by atoms with Gasteiger partial charge in [-0.15, -0.1) is 0 Å². The van der Waals surface area contributed by atoms with Gasteiger partial charge >= 0.3 is 0 Å². The minimum absolute atomic E-state index is 0.298. The first-order chi connectivity index (χ1) is 5.52. The summed E-state index contributed by atoms with van der Waals surface area (Å²) in [5.74, 6) is 6.24. The first kappa shape index (κ1) is 8.11. The van der Waals surface area contributed by atoms with Crippen molar-refractivity contribution in [2.24, 2.45) is 22.6 Å². The highest BCUT2D eigenvalue weighted by Gasteiger charge is 2.57. The largest absolute Gasteiger partial charge is 0.328 e. The molecule has 68 valence electrons. The second-order valence-electron chi connectivity index (χ2n) is 4.92. The van der Waals surface area contributed by atoms with Crippen molar-refractivity contribution in [2.45, 2.75) is 33.6 Å². The van der Waals surface area contributed by atoms with Crippen LogP contribution in [0.5, 0.6) is 0 Å². The average Bonchev–Trinajstić information content (AvgIpc) is 2.34. The van der Waals surface area contributed by atoms with Gasteiger partial charge < -0.3 is 5.43 Å². The Labute approximate surface area is 74.2 Å². The monoisotopic (exact) mass is 166 g/mol. The Kier molecular flexibility index (Phi) is 1.39. The van der Waals surface area contributed by atoms with Crippen molar-refractivity contribution < 1.29 is 0 Å². The van der Waals surface area contributed by atoms with Crippen LogP contribution in [0.1, 0.15) is 33.6 Å². The molecular weight excluding hydrogens is 148 g/mol. The Morgan fingerprint density at radius 1 is 1.50 bits per heavy atom. The summed E-state index contributed by atoms with van der Waals surface area (Å²) in [4.78, 5) is 0. The quantitative estimate of drug-likeness (QED) is 0.460. The van der Waals surface area contributed by atoms with Crippen LogP contribution in [0.25, 0.3) is 0 Å². The highest BCUT2D eigenvalue weighted by molar-refractivity contribution is 5.29. The molecule has 0 radical (unpaired) electrons. The number of nitrogens with one attached hydrogen (secondary N) is 1. The summed E-state index contributed by atoms with van der Waals surface area (Å²) in [5, 5.41) is 0. The molecule has 12 heavy (non-hydrogen) atoms. The lowest BCUT2D eigenvalue weighted by molar-refractivity contribution is 0.164. The third-order valence-corrected chi connectivity index (χ3v) is 4.42. The van der Waals surface area contributed by atoms with Gasteiger partial charge in [0.1, 0.15) is 0 Å². The number of hydrogen-bond acceptors (Lipinski definition) is 2. The molecule has 2 aliphatic carbocycles. The summed E-state index contributed by atoms with van der Waals surface area (Å²) in [7, 11) is 0. The summed E-state index contributed by atoms with van der Waals surface area (Å²) >= 11 is 0. The first-order valence-electron chi connectivity index (χ1n) is 4.71. The molecule has 0 amide bonds. The van der Waals surface area contributed by atoms with Gasteiger partial charge in [-0.2, -0.15) is 0 Å². The van der Waals surface area contributed by atoms with Gasteiger partial charge in [-0.3, -0.25) is 5.84 Å². The Morgan fingerprint density at radius 3 is 2.42 bits per heavy atom. The molecule has 1 fully saturated rings. The van der Waals surface area contributed by atoms with Crippen LogP contribution in [0, 0.1) is 16.7 Å². The minimum Gasteiger partial charge on any atom is -0.328 e. The number of hydrogen-bond donors (Lipinski definition) is 2. The lowest BCUT2D eigenvalue weighted by atomic mass is 9.69. The fourth-order valence-electron chi connectivity index (χ4n) is 2.90. The van der Waals surface area contributed by atoms with E-state index in [2.05, 4.69) is 32.3 Å². The normalized spacial score (nSPS) is 43.0. The lowest BCUT2D eigenvalue weighted by Gasteiger charge is -2.36. The first-order valence-corrected chi connectivity index (χ1v) is 4.71. The van der Waals surface area contributed by atoms with E-state index in [9.17, 15) is 0 Å². The van der Waals surface area contributed by atoms with Gasteiger partial charge in [-0.05, 0) is 24.2 Å². The van der Waals surface area contributed by atoms with Crippen LogP contribution in [0.4, 0.5) is 0 Å². The Bertz CT molecular complexity index is 242. The zero-order valence-electron chi connectivity index (χ0n) is 8.15. The Morgan fingerprint density at radius 2 is 2.17 bits per heavy atom. The maximum Gasteiger partial charge on any atom is 0.0287 e. The Balaban J connectivity index is 2.43. The maximum atomic E-state index is 5.51. The van der Waals surface area contributed by atoms with E-state index in [1.54, 1.807) is 0 Å². The molecule has 2 bridgehead atoms. The highest BCUT2D eigenvalue weighted by Crippen LogP contribution is 2.63. The van der Waals surface area contributed by atoms with Crippen molar-refractivity contribution in [2.75, 3.05) is 0 Å². The standard InChI is InChI=1S/C10H18N2/c1-9(2)7-4-5-10(9,3)8(6-7)12-11/h6-7,12H,4-5,11H2,1-3H3/t7-,10+/m0/s1. The molecule has 2 aliphatic rings. The number of allylic oxidation sites excluding steroid dienone is 2. The van der Waals surface area contributed by atoms with Crippen molar-refractivity contribution in [3.05, 3.63) is 11.8 Å².